The van der Waals surface area contributed by atoms with E-state index in [0.29, 0.717) is 17.4 Å². The van der Waals surface area contributed by atoms with Gasteiger partial charge in [-0.25, -0.2) is 4.57 Å². The highest BCUT2D eigenvalue weighted by atomic mass is 32.7. The van der Waals surface area contributed by atoms with Crippen molar-refractivity contribution in [3.05, 3.63) is 29.8 Å². The molecule has 110 valence electrons. The summed E-state index contributed by atoms with van der Waals surface area (Å²) in [6.45, 7) is 1.63. The second-order valence-corrected chi connectivity index (χ2v) is 9.82. The summed E-state index contributed by atoms with van der Waals surface area (Å²) in [5.41, 5.74) is 0.689. The second-order valence-electron chi connectivity index (χ2n) is 5.27. The fourth-order valence-electron chi connectivity index (χ4n) is 1.52. The lowest BCUT2D eigenvalue weighted by molar-refractivity contribution is 0.0502. The molecule has 0 amide bonds. The number of ether oxygens (including phenoxy) is 1. The quantitative estimate of drug-likeness (QED) is 0.608. The number of rotatable bonds is 3. The van der Waals surface area contributed by atoms with Crippen LogP contribution in [0.3, 0.4) is 0 Å². The molecule has 0 unspecified atom stereocenters. The van der Waals surface area contributed by atoms with E-state index in [9.17, 15) is 4.57 Å². The fraction of sp³-hybridized carbons (Fsp3) is 0.462. The Bertz CT molecular complexity index is 528. The lowest BCUT2D eigenvalue weighted by Crippen LogP contribution is -2.28. The molecule has 0 saturated carbocycles. The number of benzene rings is 1. The van der Waals surface area contributed by atoms with Gasteiger partial charge in [-0.1, -0.05) is 26.1 Å². The van der Waals surface area contributed by atoms with Crippen LogP contribution in [0.1, 0.15) is 19.4 Å². The van der Waals surface area contributed by atoms with Crippen molar-refractivity contribution >= 4 is 34.6 Å². The van der Waals surface area contributed by atoms with E-state index in [0.717, 1.165) is 22.7 Å². The summed E-state index contributed by atoms with van der Waals surface area (Å²) in [5.74, 6) is 0.750. The molecule has 7 heteroatoms. The van der Waals surface area contributed by atoms with Crippen LogP contribution >= 0.6 is 30.4 Å². The standard InChI is InChI=1S/C13H17O4PS2/c1-13(2)8-16-18(14,17-9-13)20-12(19)10-4-6-11(15-3)7-5-10/h4-7H,8-9H2,1-3H3. The molecule has 1 fully saturated rings. The highest BCUT2D eigenvalue weighted by Gasteiger charge is 2.38. The fourth-order valence-corrected chi connectivity index (χ4v) is 5.68. The van der Waals surface area contributed by atoms with Crippen molar-refractivity contribution in [2.24, 2.45) is 5.41 Å². The molecule has 0 N–H and O–H groups in total. The Hall–Kier alpha value is -0.390. The van der Waals surface area contributed by atoms with Gasteiger partial charge in [0.25, 0.3) is 0 Å². The van der Waals surface area contributed by atoms with Crippen LogP contribution in [-0.2, 0) is 13.6 Å². The van der Waals surface area contributed by atoms with Crippen molar-refractivity contribution in [3.63, 3.8) is 0 Å². The molecule has 0 radical (unpaired) electrons. The summed E-state index contributed by atoms with van der Waals surface area (Å²) < 4.78 is 28.8. The van der Waals surface area contributed by atoms with E-state index in [1.54, 1.807) is 7.11 Å². The maximum absolute atomic E-state index is 12.4. The van der Waals surface area contributed by atoms with Gasteiger partial charge in [0.15, 0.2) is 0 Å². The molecule has 1 aromatic carbocycles. The first-order valence-electron chi connectivity index (χ1n) is 6.11. The molecule has 1 saturated heterocycles. The minimum Gasteiger partial charge on any atom is -0.497 e. The maximum atomic E-state index is 12.4. The molecule has 0 atom stereocenters. The van der Waals surface area contributed by atoms with Crippen molar-refractivity contribution in [2.45, 2.75) is 13.8 Å². The van der Waals surface area contributed by atoms with Gasteiger partial charge in [-0.3, -0.25) is 9.05 Å². The molecule has 1 aliphatic heterocycles. The lowest BCUT2D eigenvalue weighted by Gasteiger charge is -2.33. The average Bonchev–Trinajstić information content (AvgIpc) is 2.43. The van der Waals surface area contributed by atoms with Gasteiger partial charge in [-0.15, -0.1) is 0 Å². The minimum atomic E-state index is -3.19. The summed E-state index contributed by atoms with van der Waals surface area (Å²) in [6.07, 6.45) is 0. The summed E-state index contributed by atoms with van der Waals surface area (Å²) in [4.78, 5) is 0. The Morgan fingerprint density at radius 1 is 1.30 bits per heavy atom. The molecular formula is C13H17O4PS2. The van der Waals surface area contributed by atoms with Crippen LogP contribution in [0, 0.1) is 5.41 Å². The molecule has 2 rings (SSSR count). The van der Waals surface area contributed by atoms with Crippen molar-refractivity contribution < 1.29 is 18.3 Å². The van der Waals surface area contributed by atoms with Crippen molar-refractivity contribution in [2.75, 3.05) is 20.3 Å². The molecule has 1 aliphatic rings. The average molecular weight is 332 g/mol. The van der Waals surface area contributed by atoms with Crippen molar-refractivity contribution in [3.8, 4) is 5.75 Å². The van der Waals surface area contributed by atoms with E-state index in [-0.39, 0.29) is 5.41 Å². The Balaban J connectivity index is 2.02. The molecule has 0 aromatic heterocycles. The van der Waals surface area contributed by atoms with Crippen molar-refractivity contribution in [1.29, 1.82) is 0 Å². The van der Waals surface area contributed by atoms with Gasteiger partial charge in [-0.05, 0) is 29.8 Å². The molecular weight excluding hydrogens is 315 g/mol. The van der Waals surface area contributed by atoms with Crippen LogP contribution in [0.25, 0.3) is 0 Å². The number of hydrogen-bond acceptors (Lipinski definition) is 6. The van der Waals surface area contributed by atoms with E-state index >= 15 is 0 Å². The third kappa shape index (κ3) is 4.06. The Morgan fingerprint density at radius 2 is 1.85 bits per heavy atom. The van der Waals surface area contributed by atoms with Gasteiger partial charge >= 0.3 is 6.80 Å². The highest BCUT2D eigenvalue weighted by molar-refractivity contribution is 8.65. The van der Waals surface area contributed by atoms with Gasteiger partial charge < -0.3 is 4.74 Å². The van der Waals surface area contributed by atoms with Crippen LogP contribution in [0.5, 0.6) is 5.75 Å². The normalized spacial score (nSPS) is 20.4. The van der Waals surface area contributed by atoms with E-state index in [1.165, 1.54) is 0 Å². The third-order valence-corrected chi connectivity index (χ3v) is 6.97. The Labute approximate surface area is 128 Å². The molecule has 20 heavy (non-hydrogen) atoms. The number of hydrogen-bond donors (Lipinski definition) is 0. The van der Waals surface area contributed by atoms with E-state index in [2.05, 4.69) is 0 Å². The first-order chi connectivity index (χ1) is 9.34. The zero-order valence-electron chi connectivity index (χ0n) is 11.6. The topological polar surface area (TPSA) is 44.8 Å². The number of thiocarbonyl (C=S) groups is 1. The summed E-state index contributed by atoms with van der Waals surface area (Å²) in [7, 11) is 1.60. The molecule has 4 nitrogen and oxygen atoms in total. The van der Waals surface area contributed by atoms with Gasteiger partial charge in [0, 0.05) is 16.8 Å². The minimum absolute atomic E-state index is 0.115. The van der Waals surface area contributed by atoms with Crippen molar-refractivity contribution in [1.82, 2.24) is 0 Å². The first-order valence-corrected chi connectivity index (χ1v) is 9.48. The summed E-state index contributed by atoms with van der Waals surface area (Å²) >= 11 is 6.29. The van der Waals surface area contributed by atoms with Crippen LogP contribution in [0.15, 0.2) is 24.3 Å². The van der Waals surface area contributed by atoms with Crippen LogP contribution in [0.2, 0.25) is 0 Å². The molecule has 0 aliphatic carbocycles. The van der Waals surface area contributed by atoms with E-state index < -0.39 is 6.80 Å². The van der Waals surface area contributed by atoms with Gasteiger partial charge in [0.2, 0.25) is 0 Å². The summed E-state index contributed by atoms with van der Waals surface area (Å²) in [5, 5.41) is 0. The van der Waals surface area contributed by atoms with Gasteiger partial charge in [0.05, 0.1) is 24.5 Å². The van der Waals surface area contributed by atoms with Gasteiger partial charge in [0.1, 0.15) is 5.75 Å². The predicted octanol–water partition coefficient (Wildman–Crippen LogP) is 4.29. The van der Waals surface area contributed by atoms with Crippen LogP contribution < -0.4 is 4.74 Å². The molecule has 0 spiro atoms. The van der Waals surface area contributed by atoms with Crippen LogP contribution in [-0.4, -0.2) is 24.5 Å². The largest absolute Gasteiger partial charge is 0.497 e. The zero-order valence-corrected chi connectivity index (χ0v) is 14.1. The van der Waals surface area contributed by atoms with E-state index in [4.69, 9.17) is 26.0 Å². The summed E-state index contributed by atoms with van der Waals surface area (Å²) in [6, 6.07) is 7.27. The maximum Gasteiger partial charge on any atom is 0.394 e. The molecule has 1 aromatic rings. The second kappa shape index (κ2) is 6.16. The molecule has 0 bridgehead atoms. The Kier molecular flexibility index (Phi) is 4.92. The Morgan fingerprint density at radius 3 is 2.35 bits per heavy atom. The third-order valence-electron chi connectivity index (χ3n) is 2.75. The highest BCUT2D eigenvalue weighted by Crippen LogP contribution is 2.64. The SMILES string of the molecule is COc1ccc(C(=S)SP2(=O)OCC(C)(C)CO2)cc1. The predicted molar refractivity (Wildman–Crippen MR) is 85.6 cm³/mol. The molecule has 1 heterocycles. The van der Waals surface area contributed by atoms with E-state index in [1.807, 2.05) is 38.1 Å². The monoisotopic (exact) mass is 332 g/mol. The first kappa shape index (κ1) is 16.0. The lowest BCUT2D eigenvalue weighted by atomic mass is 9.97. The van der Waals surface area contributed by atoms with Crippen LogP contribution in [0.4, 0.5) is 0 Å². The van der Waals surface area contributed by atoms with Gasteiger partial charge in [-0.2, -0.15) is 0 Å². The smallest absolute Gasteiger partial charge is 0.394 e. The number of methoxy groups -OCH3 is 1. The zero-order chi connectivity index (χ0) is 14.8.